The summed E-state index contributed by atoms with van der Waals surface area (Å²) in [6.07, 6.45) is 7.06. The molecule has 0 saturated heterocycles. The predicted octanol–water partition coefficient (Wildman–Crippen LogP) is 3.86. The zero-order valence-electron chi connectivity index (χ0n) is 15.5. The molecule has 3 heterocycles. The van der Waals surface area contributed by atoms with Crippen LogP contribution in [0, 0.1) is 5.82 Å². The molecule has 1 aliphatic carbocycles. The SMILES string of the molecule is COc1cccc(F)c1CCc1ccc(-c2ccnn2C2CC2)c2nncn12. The second kappa shape index (κ2) is 6.74. The fourth-order valence-electron chi connectivity index (χ4n) is 3.73. The third-order valence-corrected chi connectivity index (χ3v) is 5.31. The number of hydrogen-bond acceptors (Lipinski definition) is 4. The number of rotatable bonds is 6. The Balaban J connectivity index is 1.49. The smallest absolute Gasteiger partial charge is 0.170 e. The minimum absolute atomic E-state index is 0.246. The van der Waals surface area contributed by atoms with Crippen LogP contribution in [0.2, 0.25) is 0 Å². The zero-order chi connectivity index (χ0) is 19.1. The van der Waals surface area contributed by atoms with Crippen LogP contribution in [0.15, 0.2) is 48.9 Å². The maximum atomic E-state index is 14.2. The van der Waals surface area contributed by atoms with Gasteiger partial charge in [0.2, 0.25) is 0 Å². The van der Waals surface area contributed by atoms with Crippen LogP contribution in [0.4, 0.5) is 4.39 Å². The van der Waals surface area contributed by atoms with Crippen molar-refractivity contribution in [1.29, 1.82) is 0 Å². The first-order chi connectivity index (χ1) is 13.8. The van der Waals surface area contributed by atoms with E-state index in [0.29, 0.717) is 30.2 Å². The van der Waals surface area contributed by atoms with Gasteiger partial charge in [0.05, 0.1) is 18.8 Å². The van der Waals surface area contributed by atoms with Gasteiger partial charge in [0.15, 0.2) is 5.65 Å². The van der Waals surface area contributed by atoms with Crippen molar-refractivity contribution >= 4 is 5.65 Å². The second-order valence-corrected chi connectivity index (χ2v) is 7.08. The highest BCUT2D eigenvalue weighted by molar-refractivity contribution is 5.75. The molecule has 0 unspecified atom stereocenters. The summed E-state index contributed by atoms with van der Waals surface area (Å²) < 4.78 is 23.6. The normalized spacial score (nSPS) is 13.9. The lowest BCUT2D eigenvalue weighted by Gasteiger charge is -2.12. The van der Waals surface area contributed by atoms with Crippen molar-refractivity contribution in [3.8, 4) is 17.0 Å². The summed E-state index contributed by atoms with van der Waals surface area (Å²) in [7, 11) is 1.56. The van der Waals surface area contributed by atoms with Crippen molar-refractivity contribution in [1.82, 2.24) is 24.4 Å². The van der Waals surface area contributed by atoms with Crippen LogP contribution in [0.25, 0.3) is 16.9 Å². The fourth-order valence-corrected chi connectivity index (χ4v) is 3.73. The molecule has 142 valence electrons. The third kappa shape index (κ3) is 2.83. The number of aryl methyl sites for hydroxylation is 1. The van der Waals surface area contributed by atoms with E-state index < -0.39 is 0 Å². The molecule has 0 atom stereocenters. The fraction of sp³-hybridized carbons (Fsp3) is 0.286. The Morgan fingerprint density at radius 1 is 1.14 bits per heavy atom. The van der Waals surface area contributed by atoms with Crippen LogP contribution in [0.5, 0.6) is 5.75 Å². The van der Waals surface area contributed by atoms with E-state index in [-0.39, 0.29) is 5.82 Å². The number of nitrogens with zero attached hydrogens (tertiary/aromatic N) is 5. The number of benzene rings is 1. The quantitative estimate of drug-likeness (QED) is 0.512. The van der Waals surface area contributed by atoms with Gasteiger partial charge in [0.25, 0.3) is 0 Å². The van der Waals surface area contributed by atoms with Gasteiger partial charge in [0, 0.05) is 23.0 Å². The highest BCUT2D eigenvalue weighted by atomic mass is 19.1. The topological polar surface area (TPSA) is 57.2 Å². The van der Waals surface area contributed by atoms with Gasteiger partial charge in [-0.15, -0.1) is 10.2 Å². The number of methoxy groups -OCH3 is 1. The average molecular weight is 377 g/mol. The molecule has 0 bridgehead atoms. The molecule has 0 radical (unpaired) electrons. The van der Waals surface area contributed by atoms with E-state index in [1.807, 2.05) is 16.7 Å². The van der Waals surface area contributed by atoms with E-state index in [4.69, 9.17) is 4.74 Å². The molecule has 0 spiro atoms. The van der Waals surface area contributed by atoms with E-state index in [9.17, 15) is 4.39 Å². The number of aromatic nitrogens is 5. The summed E-state index contributed by atoms with van der Waals surface area (Å²) in [4.78, 5) is 0. The number of ether oxygens (including phenoxy) is 1. The molecule has 5 rings (SSSR count). The lowest BCUT2D eigenvalue weighted by Crippen LogP contribution is -2.04. The first-order valence-electron chi connectivity index (χ1n) is 9.43. The van der Waals surface area contributed by atoms with Gasteiger partial charge in [-0.05, 0) is 56.0 Å². The largest absolute Gasteiger partial charge is 0.496 e. The average Bonchev–Trinajstić information content (AvgIpc) is 3.23. The van der Waals surface area contributed by atoms with Gasteiger partial charge in [-0.25, -0.2) is 4.39 Å². The van der Waals surface area contributed by atoms with Crippen molar-refractivity contribution in [2.24, 2.45) is 0 Å². The van der Waals surface area contributed by atoms with Crippen molar-refractivity contribution < 1.29 is 9.13 Å². The van der Waals surface area contributed by atoms with Crippen LogP contribution in [-0.4, -0.2) is 31.5 Å². The summed E-state index contributed by atoms with van der Waals surface area (Å²) in [5.41, 5.74) is 4.46. The van der Waals surface area contributed by atoms with Crippen LogP contribution >= 0.6 is 0 Å². The molecule has 7 heteroatoms. The van der Waals surface area contributed by atoms with Crippen molar-refractivity contribution in [2.75, 3.05) is 7.11 Å². The van der Waals surface area contributed by atoms with Gasteiger partial charge >= 0.3 is 0 Å². The Kier molecular flexibility index (Phi) is 4.07. The number of pyridine rings is 1. The maximum absolute atomic E-state index is 14.2. The van der Waals surface area contributed by atoms with Gasteiger partial charge < -0.3 is 4.74 Å². The summed E-state index contributed by atoms with van der Waals surface area (Å²) in [6, 6.07) is 11.5. The Bertz CT molecular complexity index is 1140. The molecular formula is C21H20FN5O. The first kappa shape index (κ1) is 16.9. The Morgan fingerprint density at radius 3 is 2.86 bits per heavy atom. The zero-order valence-corrected chi connectivity index (χ0v) is 15.5. The lowest BCUT2D eigenvalue weighted by molar-refractivity contribution is 0.404. The highest BCUT2D eigenvalue weighted by Gasteiger charge is 2.27. The van der Waals surface area contributed by atoms with Crippen LogP contribution in [-0.2, 0) is 12.8 Å². The molecule has 1 saturated carbocycles. The predicted molar refractivity (Wildman–Crippen MR) is 103 cm³/mol. The Morgan fingerprint density at radius 2 is 2.04 bits per heavy atom. The molecular weight excluding hydrogens is 357 g/mol. The van der Waals surface area contributed by atoms with Crippen LogP contribution in [0.3, 0.4) is 0 Å². The van der Waals surface area contributed by atoms with Gasteiger partial charge in [0.1, 0.15) is 17.9 Å². The molecule has 1 aliphatic rings. The number of hydrogen-bond donors (Lipinski definition) is 0. The molecule has 6 nitrogen and oxygen atoms in total. The van der Waals surface area contributed by atoms with E-state index >= 15 is 0 Å². The molecule has 28 heavy (non-hydrogen) atoms. The Labute approximate surface area is 161 Å². The number of halogens is 1. The van der Waals surface area contributed by atoms with Gasteiger partial charge in [-0.2, -0.15) is 5.10 Å². The summed E-state index contributed by atoms with van der Waals surface area (Å²) in [5, 5.41) is 12.9. The molecule has 3 aromatic heterocycles. The monoisotopic (exact) mass is 377 g/mol. The van der Waals surface area contributed by atoms with E-state index in [2.05, 4.69) is 32.1 Å². The van der Waals surface area contributed by atoms with Crippen LogP contribution in [0.1, 0.15) is 30.1 Å². The standard InChI is InChI=1S/C21H20FN5O/c1-28-20-4-2-3-18(22)16(20)9-7-14-8-10-17(21-25-23-13-26(14)21)19-11-12-24-27(19)15-5-6-15/h2-4,8,10-13,15H,5-7,9H2,1H3. The molecule has 1 aromatic carbocycles. The molecule has 0 aliphatic heterocycles. The molecule has 0 N–H and O–H groups in total. The lowest BCUT2D eigenvalue weighted by atomic mass is 10.0. The second-order valence-electron chi connectivity index (χ2n) is 7.08. The molecule has 1 fully saturated rings. The number of fused-ring (bicyclic) bond motifs is 1. The van der Waals surface area contributed by atoms with Crippen molar-refractivity contribution in [2.45, 2.75) is 31.7 Å². The maximum Gasteiger partial charge on any atom is 0.170 e. The summed E-state index contributed by atoms with van der Waals surface area (Å²) in [5.74, 6) is 0.328. The van der Waals surface area contributed by atoms with Crippen molar-refractivity contribution in [3.05, 3.63) is 66.0 Å². The molecule has 0 amide bonds. The highest BCUT2D eigenvalue weighted by Crippen LogP contribution is 2.38. The molecule has 4 aromatic rings. The van der Waals surface area contributed by atoms with Crippen LogP contribution < -0.4 is 4.74 Å². The van der Waals surface area contributed by atoms with E-state index in [0.717, 1.165) is 22.6 Å². The summed E-state index contributed by atoms with van der Waals surface area (Å²) in [6.45, 7) is 0. The third-order valence-electron chi connectivity index (χ3n) is 5.31. The minimum atomic E-state index is -0.246. The van der Waals surface area contributed by atoms with Gasteiger partial charge in [-0.1, -0.05) is 6.07 Å². The Hall–Kier alpha value is -3.22. The van der Waals surface area contributed by atoms with E-state index in [1.165, 1.54) is 18.9 Å². The minimum Gasteiger partial charge on any atom is -0.496 e. The first-order valence-corrected chi connectivity index (χ1v) is 9.43. The van der Waals surface area contributed by atoms with Crippen molar-refractivity contribution in [3.63, 3.8) is 0 Å². The van der Waals surface area contributed by atoms with E-state index in [1.54, 1.807) is 25.6 Å². The van der Waals surface area contributed by atoms with Gasteiger partial charge in [-0.3, -0.25) is 9.08 Å². The summed E-state index contributed by atoms with van der Waals surface area (Å²) >= 11 is 0.